The molecule has 2 rings (SSSR count). The molecule has 0 N–H and O–H groups in total. The lowest BCUT2D eigenvalue weighted by molar-refractivity contribution is -0.179. The summed E-state index contributed by atoms with van der Waals surface area (Å²) >= 11 is 2.21. The molecule has 0 saturated carbocycles. The van der Waals surface area contributed by atoms with Gasteiger partial charge in [0.15, 0.2) is 5.78 Å². The Morgan fingerprint density at radius 3 is 2.47 bits per heavy atom. The van der Waals surface area contributed by atoms with Crippen LogP contribution in [0.5, 0.6) is 0 Å². The number of hydrogen-bond donors (Lipinski definition) is 0. The van der Waals surface area contributed by atoms with Gasteiger partial charge in [0.25, 0.3) is 0 Å². The first-order chi connectivity index (χ1) is 8.89. The van der Waals surface area contributed by atoms with Crippen molar-refractivity contribution in [3.8, 4) is 0 Å². The van der Waals surface area contributed by atoms with Gasteiger partial charge in [0, 0.05) is 9.13 Å². The Morgan fingerprint density at radius 1 is 1.26 bits per heavy atom. The van der Waals surface area contributed by atoms with E-state index >= 15 is 0 Å². The SMILES string of the molecule is CC[C@H]1C(=O)C(C)(C)C(=O)O[C@H]1c1ccccc1I. The van der Waals surface area contributed by atoms with Crippen molar-refractivity contribution in [1.29, 1.82) is 0 Å². The summed E-state index contributed by atoms with van der Waals surface area (Å²) in [6, 6.07) is 7.72. The first kappa shape index (κ1) is 14.5. The number of ether oxygens (including phenoxy) is 1. The van der Waals surface area contributed by atoms with Crippen molar-refractivity contribution in [1.82, 2.24) is 0 Å². The molecule has 1 fully saturated rings. The maximum atomic E-state index is 12.5. The Balaban J connectivity index is 2.44. The van der Waals surface area contributed by atoms with Gasteiger partial charge in [-0.25, -0.2) is 0 Å². The zero-order valence-corrected chi connectivity index (χ0v) is 13.4. The molecule has 0 amide bonds. The number of carbonyl (C=O) groups is 2. The van der Waals surface area contributed by atoms with Crippen LogP contribution in [0.3, 0.4) is 0 Å². The molecule has 0 radical (unpaired) electrons. The van der Waals surface area contributed by atoms with Gasteiger partial charge in [-0.3, -0.25) is 9.59 Å². The number of Topliss-reactive ketones (excluding diaryl/α,β-unsaturated/α-hetero) is 1. The van der Waals surface area contributed by atoms with Crippen molar-refractivity contribution in [2.24, 2.45) is 11.3 Å². The van der Waals surface area contributed by atoms with Crippen LogP contribution in [-0.4, -0.2) is 11.8 Å². The average Bonchev–Trinajstić information content (AvgIpc) is 2.37. The summed E-state index contributed by atoms with van der Waals surface area (Å²) in [6.07, 6.45) is 0.219. The standard InChI is InChI=1S/C15H17IO3/c1-4-9-12(10-7-5-6-8-11(10)16)19-14(18)15(2,3)13(9)17/h5-9,12H,4H2,1-3H3/t9-,12-/m1/s1. The van der Waals surface area contributed by atoms with Crippen LogP contribution in [0.25, 0.3) is 0 Å². The van der Waals surface area contributed by atoms with E-state index in [0.29, 0.717) is 6.42 Å². The van der Waals surface area contributed by atoms with E-state index in [1.165, 1.54) is 0 Å². The second kappa shape index (κ2) is 5.23. The number of hydrogen-bond acceptors (Lipinski definition) is 3. The van der Waals surface area contributed by atoms with Crippen molar-refractivity contribution in [2.45, 2.75) is 33.3 Å². The maximum Gasteiger partial charge on any atom is 0.319 e. The van der Waals surface area contributed by atoms with Crippen LogP contribution < -0.4 is 0 Å². The van der Waals surface area contributed by atoms with E-state index in [2.05, 4.69) is 22.6 Å². The highest BCUT2D eigenvalue weighted by Crippen LogP contribution is 2.42. The lowest BCUT2D eigenvalue weighted by Gasteiger charge is -2.38. The van der Waals surface area contributed by atoms with E-state index < -0.39 is 17.5 Å². The Bertz CT molecular complexity index is 522. The molecule has 0 spiro atoms. The lowest BCUT2D eigenvalue weighted by Crippen LogP contribution is -2.47. The summed E-state index contributed by atoms with van der Waals surface area (Å²) in [5, 5.41) is 0. The van der Waals surface area contributed by atoms with Gasteiger partial charge in [-0.15, -0.1) is 0 Å². The van der Waals surface area contributed by atoms with E-state index in [9.17, 15) is 9.59 Å². The zero-order chi connectivity index (χ0) is 14.2. The highest BCUT2D eigenvalue weighted by Gasteiger charge is 2.50. The molecule has 4 heteroatoms. The highest BCUT2D eigenvalue weighted by molar-refractivity contribution is 14.1. The predicted molar refractivity (Wildman–Crippen MR) is 80.6 cm³/mol. The summed E-state index contributed by atoms with van der Waals surface area (Å²) in [6.45, 7) is 5.25. The van der Waals surface area contributed by atoms with Gasteiger partial charge >= 0.3 is 5.97 Å². The second-order valence-corrected chi connectivity index (χ2v) is 6.51. The number of cyclic esters (lactones) is 1. The fraction of sp³-hybridized carbons (Fsp3) is 0.467. The van der Waals surface area contributed by atoms with E-state index in [4.69, 9.17) is 4.74 Å². The number of benzene rings is 1. The first-order valence-electron chi connectivity index (χ1n) is 6.39. The molecular weight excluding hydrogens is 355 g/mol. The number of rotatable bonds is 2. The summed E-state index contributed by atoms with van der Waals surface area (Å²) in [4.78, 5) is 24.5. The topological polar surface area (TPSA) is 43.4 Å². The molecule has 0 bridgehead atoms. The molecule has 0 unspecified atom stereocenters. The van der Waals surface area contributed by atoms with Crippen molar-refractivity contribution >= 4 is 34.3 Å². The normalized spacial score (nSPS) is 26.1. The molecule has 1 aliphatic rings. The van der Waals surface area contributed by atoms with Crippen LogP contribution in [0.2, 0.25) is 0 Å². The highest BCUT2D eigenvalue weighted by atomic mass is 127. The summed E-state index contributed by atoms with van der Waals surface area (Å²) in [5.74, 6) is -0.702. The van der Waals surface area contributed by atoms with E-state index in [1.807, 2.05) is 31.2 Å². The van der Waals surface area contributed by atoms with E-state index in [-0.39, 0.29) is 11.7 Å². The van der Waals surface area contributed by atoms with E-state index in [1.54, 1.807) is 13.8 Å². The molecule has 3 nitrogen and oxygen atoms in total. The van der Waals surface area contributed by atoms with Crippen LogP contribution in [-0.2, 0) is 14.3 Å². The molecule has 1 aromatic rings. The lowest BCUT2D eigenvalue weighted by atomic mass is 9.74. The molecule has 0 aliphatic carbocycles. The third-order valence-electron chi connectivity index (χ3n) is 3.71. The van der Waals surface area contributed by atoms with Crippen LogP contribution in [0, 0.1) is 14.9 Å². The summed E-state index contributed by atoms with van der Waals surface area (Å²) < 4.78 is 6.60. The fourth-order valence-corrected chi connectivity index (χ4v) is 3.13. The number of carbonyl (C=O) groups excluding carboxylic acids is 2. The third kappa shape index (κ3) is 2.42. The minimum Gasteiger partial charge on any atom is -0.456 e. The molecule has 1 heterocycles. The molecular formula is C15H17IO3. The van der Waals surface area contributed by atoms with Gasteiger partial charge in [-0.05, 0) is 48.9 Å². The smallest absolute Gasteiger partial charge is 0.319 e. The largest absolute Gasteiger partial charge is 0.456 e. The summed E-state index contributed by atoms with van der Waals surface area (Å²) in [5.41, 5.74) is -0.107. The van der Waals surface area contributed by atoms with Crippen LogP contribution in [0.1, 0.15) is 38.9 Å². The maximum absolute atomic E-state index is 12.5. The molecule has 1 aromatic carbocycles. The van der Waals surface area contributed by atoms with Crippen molar-refractivity contribution < 1.29 is 14.3 Å². The van der Waals surface area contributed by atoms with Crippen molar-refractivity contribution in [2.75, 3.05) is 0 Å². The first-order valence-corrected chi connectivity index (χ1v) is 7.47. The van der Waals surface area contributed by atoms with Crippen LogP contribution in [0.15, 0.2) is 24.3 Å². The van der Waals surface area contributed by atoms with Gasteiger partial charge in [0.05, 0.1) is 5.92 Å². The van der Waals surface area contributed by atoms with Gasteiger partial charge in [0.2, 0.25) is 0 Å². The zero-order valence-electron chi connectivity index (χ0n) is 11.3. The summed E-state index contributed by atoms with van der Waals surface area (Å²) in [7, 11) is 0. The molecule has 102 valence electrons. The predicted octanol–water partition coefficient (Wildman–Crippen LogP) is 3.51. The monoisotopic (exact) mass is 372 g/mol. The fourth-order valence-electron chi connectivity index (χ4n) is 2.43. The molecule has 0 aromatic heterocycles. The minimum absolute atomic E-state index is 0.0177. The van der Waals surface area contributed by atoms with Crippen molar-refractivity contribution in [3.63, 3.8) is 0 Å². The molecule has 1 saturated heterocycles. The number of halogens is 1. The Kier molecular flexibility index (Phi) is 3.99. The van der Waals surface area contributed by atoms with Gasteiger partial charge in [0.1, 0.15) is 11.5 Å². The van der Waals surface area contributed by atoms with Gasteiger partial charge in [-0.2, -0.15) is 0 Å². The molecule has 2 atom stereocenters. The molecule has 19 heavy (non-hydrogen) atoms. The minimum atomic E-state index is -1.03. The quantitative estimate of drug-likeness (QED) is 0.453. The van der Waals surface area contributed by atoms with Crippen molar-refractivity contribution in [3.05, 3.63) is 33.4 Å². The van der Waals surface area contributed by atoms with E-state index in [0.717, 1.165) is 9.13 Å². The Labute approximate surface area is 126 Å². The Hall–Kier alpha value is -0.910. The van der Waals surface area contributed by atoms with Gasteiger partial charge in [-0.1, -0.05) is 25.1 Å². The third-order valence-corrected chi connectivity index (χ3v) is 4.70. The molecule has 1 aliphatic heterocycles. The number of ketones is 1. The Morgan fingerprint density at radius 2 is 1.89 bits per heavy atom. The number of esters is 1. The van der Waals surface area contributed by atoms with Crippen LogP contribution in [0.4, 0.5) is 0 Å². The van der Waals surface area contributed by atoms with Crippen LogP contribution >= 0.6 is 22.6 Å². The second-order valence-electron chi connectivity index (χ2n) is 5.35. The van der Waals surface area contributed by atoms with Gasteiger partial charge < -0.3 is 4.74 Å². The average molecular weight is 372 g/mol.